The van der Waals surface area contributed by atoms with E-state index in [-0.39, 0.29) is 0 Å². The Morgan fingerprint density at radius 2 is 1.68 bits per heavy atom. The fourth-order valence-corrected chi connectivity index (χ4v) is 2.72. The largest absolute Gasteiger partial charge is 0.489 e. The van der Waals surface area contributed by atoms with E-state index in [4.69, 9.17) is 16.3 Å². The van der Waals surface area contributed by atoms with E-state index in [9.17, 15) is 14.0 Å². The van der Waals surface area contributed by atoms with E-state index in [1.54, 1.807) is 30.3 Å². The molecule has 0 aromatic heterocycles. The number of amides is 2. The first-order valence-electron chi connectivity index (χ1n) is 9.33. The molecule has 0 spiro atoms. The van der Waals surface area contributed by atoms with Gasteiger partial charge in [-0.05, 0) is 60.2 Å². The third-order valence-electron chi connectivity index (χ3n) is 4.08. The zero-order valence-corrected chi connectivity index (χ0v) is 17.1. The van der Waals surface area contributed by atoms with Gasteiger partial charge in [0, 0.05) is 16.3 Å². The highest BCUT2D eigenvalue weighted by Crippen LogP contribution is 2.18. The molecule has 2 N–H and O–H groups in total. The molecule has 6 nitrogen and oxygen atoms in total. The number of carbonyl (C=O) groups excluding carboxylic acids is 2. The van der Waals surface area contributed by atoms with Crippen LogP contribution in [0.1, 0.15) is 17.5 Å². The van der Waals surface area contributed by atoms with Gasteiger partial charge in [-0.2, -0.15) is 5.10 Å². The lowest BCUT2D eigenvalue weighted by Gasteiger charge is -2.07. The van der Waals surface area contributed by atoms with Crippen LogP contribution in [-0.4, -0.2) is 18.0 Å². The van der Waals surface area contributed by atoms with Gasteiger partial charge < -0.3 is 10.1 Å². The number of hydrogen-bond acceptors (Lipinski definition) is 4. The minimum atomic E-state index is -0.574. The van der Waals surface area contributed by atoms with Crippen LogP contribution in [0.3, 0.4) is 0 Å². The molecule has 0 heterocycles. The van der Waals surface area contributed by atoms with Crippen LogP contribution in [-0.2, 0) is 16.2 Å². The van der Waals surface area contributed by atoms with Crippen molar-refractivity contribution in [1.82, 2.24) is 5.43 Å². The van der Waals surface area contributed by atoms with Crippen LogP contribution >= 0.6 is 11.6 Å². The number of anilines is 1. The molecule has 0 unspecified atom stereocenters. The summed E-state index contributed by atoms with van der Waals surface area (Å²) in [4.78, 5) is 23.6. The van der Waals surface area contributed by atoms with Gasteiger partial charge in [0.25, 0.3) is 0 Å². The highest BCUT2D eigenvalue weighted by atomic mass is 35.5. The zero-order chi connectivity index (χ0) is 22.1. The molecule has 0 aliphatic heterocycles. The average Bonchev–Trinajstić information content (AvgIpc) is 2.75. The fourth-order valence-electron chi connectivity index (χ4n) is 2.53. The average molecular weight is 440 g/mol. The fraction of sp³-hybridized carbons (Fsp3) is 0.0870. The van der Waals surface area contributed by atoms with Crippen molar-refractivity contribution < 1.29 is 18.7 Å². The van der Waals surface area contributed by atoms with Gasteiger partial charge in [0.05, 0.1) is 6.21 Å². The summed E-state index contributed by atoms with van der Waals surface area (Å²) in [6.45, 7) is 0.350. The molecule has 3 aromatic rings. The normalized spacial score (nSPS) is 10.6. The van der Waals surface area contributed by atoms with Crippen molar-refractivity contribution in [3.8, 4) is 5.75 Å². The lowest BCUT2D eigenvalue weighted by Crippen LogP contribution is -2.24. The van der Waals surface area contributed by atoms with Crippen molar-refractivity contribution in [2.45, 2.75) is 13.0 Å². The summed E-state index contributed by atoms with van der Waals surface area (Å²) in [5.41, 5.74) is 4.32. The van der Waals surface area contributed by atoms with Crippen molar-refractivity contribution in [3.63, 3.8) is 0 Å². The van der Waals surface area contributed by atoms with Crippen LogP contribution in [0.5, 0.6) is 5.75 Å². The van der Waals surface area contributed by atoms with Crippen LogP contribution in [0.2, 0.25) is 5.02 Å². The molecular formula is C23H19ClFN3O3. The van der Waals surface area contributed by atoms with Crippen molar-refractivity contribution in [1.29, 1.82) is 0 Å². The van der Waals surface area contributed by atoms with Crippen LogP contribution in [0.4, 0.5) is 10.1 Å². The van der Waals surface area contributed by atoms with E-state index in [1.165, 1.54) is 30.5 Å². The van der Waals surface area contributed by atoms with Gasteiger partial charge in [0.15, 0.2) is 0 Å². The Kier molecular flexibility index (Phi) is 7.73. The first-order valence-corrected chi connectivity index (χ1v) is 9.71. The van der Waals surface area contributed by atoms with Crippen molar-refractivity contribution in [2.24, 2.45) is 5.10 Å². The summed E-state index contributed by atoms with van der Waals surface area (Å²) in [6, 6.07) is 19.8. The topological polar surface area (TPSA) is 79.8 Å². The van der Waals surface area contributed by atoms with Gasteiger partial charge in [-0.3, -0.25) is 9.59 Å². The molecule has 3 rings (SSSR count). The number of rotatable bonds is 8. The third-order valence-corrected chi connectivity index (χ3v) is 4.45. The predicted octanol–water partition coefficient (Wildman–Crippen LogP) is 4.54. The number of benzene rings is 3. The Balaban J connectivity index is 1.42. The zero-order valence-electron chi connectivity index (χ0n) is 16.3. The summed E-state index contributed by atoms with van der Waals surface area (Å²) in [6.07, 6.45) is 1.04. The van der Waals surface area contributed by atoms with E-state index in [0.717, 1.165) is 11.1 Å². The Morgan fingerprint density at radius 1 is 0.968 bits per heavy atom. The number of carbonyl (C=O) groups is 2. The Bertz CT molecular complexity index is 1070. The molecular weight excluding hydrogens is 421 g/mol. The van der Waals surface area contributed by atoms with Gasteiger partial charge in [0.1, 0.15) is 24.6 Å². The standard InChI is InChI=1S/C23H19ClFN3O3/c24-21-4-2-1-3-17(21)15-31-20-11-5-16(6-12-20)14-26-28-23(30)13-22(29)27-19-9-7-18(25)8-10-19/h1-12,14H,13,15H2,(H,27,29)(H,28,30). The molecule has 0 atom stereocenters. The van der Waals surface area contributed by atoms with Gasteiger partial charge in [-0.25, -0.2) is 9.82 Å². The highest BCUT2D eigenvalue weighted by Gasteiger charge is 2.09. The molecule has 3 aromatic carbocycles. The molecule has 0 aliphatic rings. The highest BCUT2D eigenvalue weighted by molar-refractivity contribution is 6.31. The number of ether oxygens (including phenoxy) is 1. The van der Waals surface area contributed by atoms with E-state index >= 15 is 0 Å². The summed E-state index contributed by atoms with van der Waals surface area (Å²) < 4.78 is 18.6. The van der Waals surface area contributed by atoms with E-state index in [0.29, 0.717) is 23.1 Å². The first-order chi connectivity index (χ1) is 15.0. The van der Waals surface area contributed by atoms with Crippen LogP contribution in [0, 0.1) is 5.82 Å². The second-order valence-electron chi connectivity index (χ2n) is 6.47. The minimum Gasteiger partial charge on any atom is -0.489 e. The van der Waals surface area contributed by atoms with E-state index in [2.05, 4.69) is 15.8 Å². The third kappa shape index (κ3) is 7.24. The van der Waals surface area contributed by atoms with Crippen molar-refractivity contribution in [2.75, 3.05) is 5.32 Å². The van der Waals surface area contributed by atoms with Crippen LogP contribution in [0.15, 0.2) is 77.9 Å². The number of nitrogens with one attached hydrogen (secondary N) is 2. The number of nitrogens with zero attached hydrogens (tertiary/aromatic N) is 1. The van der Waals surface area contributed by atoms with Gasteiger partial charge in [-0.1, -0.05) is 29.8 Å². The van der Waals surface area contributed by atoms with E-state index < -0.39 is 24.1 Å². The number of hydrazone groups is 1. The minimum absolute atomic E-state index is 0.350. The Hall–Kier alpha value is -3.71. The SMILES string of the molecule is O=C(CC(=O)Nc1ccc(F)cc1)NN=Cc1ccc(OCc2ccccc2Cl)cc1. The maximum atomic E-state index is 12.9. The molecule has 0 bridgehead atoms. The van der Waals surface area contributed by atoms with Crippen LogP contribution in [0.25, 0.3) is 0 Å². The lowest BCUT2D eigenvalue weighted by molar-refractivity contribution is -0.126. The quantitative estimate of drug-likeness (QED) is 0.307. The second-order valence-corrected chi connectivity index (χ2v) is 6.88. The summed E-state index contributed by atoms with van der Waals surface area (Å²) in [5.74, 6) is -0.848. The smallest absolute Gasteiger partial charge is 0.249 e. The molecule has 31 heavy (non-hydrogen) atoms. The lowest BCUT2D eigenvalue weighted by atomic mass is 10.2. The van der Waals surface area contributed by atoms with Crippen molar-refractivity contribution >= 4 is 35.3 Å². The molecule has 0 radical (unpaired) electrons. The molecule has 0 fully saturated rings. The Labute approximate surface area is 183 Å². The first kappa shape index (κ1) is 22.0. The molecule has 0 aliphatic carbocycles. The maximum absolute atomic E-state index is 12.9. The summed E-state index contributed by atoms with van der Waals surface area (Å²) in [7, 11) is 0. The number of halogens is 2. The second kappa shape index (κ2) is 10.9. The maximum Gasteiger partial charge on any atom is 0.249 e. The molecule has 0 saturated carbocycles. The van der Waals surface area contributed by atoms with Gasteiger partial charge in [0.2, 0.25) is 11.8 Å². The van der Waals surface area contributed by atoms with E-state index in [1.807, 2.05) is 18.2 Å². The predicted molar refractivity (Wildman–Crippen MR) is 118 cm³/mol. The summed E-state index contributed by atoms with van der Waals surface area (Å²) in [5, 5.41) is 6.98. The molecule has 158 valence electrons. The number of hydrogen-bond donors (Lipinski definition) is 2. The Morgan fingerprint density at radius 3 is 2.39 bits per heavy atom. The molecule has 0 saturated heterocycles. The van der Waals surface area contributed by atoms with Crippen LogP contribution < -0.4 is 15.5 Å². The molecule has 2 amide bonds. The summed E-state index contributed by atoms with van der Waals surface area (Å²) >= 11 is 6.11. The van der Waals surface area contributed by atoms with Gasteiger partial charge in [-0.15, -0.1) is 0 Å². The van der Waals surface area contributed by atoms with Gasteiger partial charge >= 0.3 is 0 Å². The molecule has 8 heteroatoms. The monoisotopic (exact) mass is 439 g/mol. The van der Waals surface area contributed by atoms with Crippen molar-refractivity contribution in [3.05, 3.63) is 94.8 Å².